The summed E-state index contributed by atoms with van der Waals surface area (Å²) in [6.07, 6.45) is 0.192. The lowest BCUT2D eigenvalue weighted by molar-refractivity contribution is -0.139. The molecule has 0 heterocycles. The Morgan fingerprint density at radius 2 is 2.00 bits per heavy atom. The molecule has 0 N–H and O–H groups in total. The molecule has 0 fully saturated rings. The van der Waals surface area contributed by atoms with Gasteiger partial charge >= 0.3 is 5.97 Å². The number of rotatable bonds is 3. The van der Waals surface area contributed by atoms with Crippen LogP contribution in [0.3, 0.4) is 0 Å². The molecule has 1 aromatic carbocycles. The van der Waals surface area contributed by atoms with Crippen LogP contribution >= 0.6 is 31.9 Å². The summed E-state index contributed by atoms with van der Waals surface area (Å²) in [5, 5.41) is 0. The van der Waals surface area contributed by atoms with Gasteiger partial charge in [-0.3, -0.25) is 4.79 Å². The number of carbonyl (C=O) groups excluding carboxylic acids is 1. The third kappa shape index (κ3) is 3.21. The van der Waals surface area contributed by atoms with Crippen LogP contribution in [0, 0.1) is 0 Å². The monoisotopic (exact) mass is 336 g/mol. The largest absolute Gasteiger partial charge is 0.495 e. The quantitative estimate of drug-likeness (QED) is 0.795. The number of benzene rings is 1. The molecule has 0 saturated heterocycles. The molecule has 0 unspecified atom stereocenters. The van der Waals surface area contributed by atoms with Crippen molar-refractivity contribution in [3.63, 3.8) is 0 Å². The topological polar surface area (TPSA) is 35.5 Å². The second kappa shape index (κ2) is 5.51. The van der Waals surface area contributed by atoms with Crippen molar-refractivity contribution in [2.24, 2.45) is 0 Å². The maximum absolute atomic E-state index is 11.2. The number of ether oxygens (including phenoxy) is 2. The molecule has 0 spiro atoms. The number of hydrogen-bond donors (Lipinski definition) is 0. The van der Waals surface area contributed by atoms with Gasteiger partial charge in [0, 0.05) is 10.0 Å². The van der Waals surface area contributed by atoms with Crippen molar-refractivity contribution in [3.05, 3.63) is 26.6 Å². The van der Waals surface area contributed by atoms with Gasteiger partial charge in [-0.1, -0.05) is 15.9 Å². The number of carbonyl (C=O) groups is 1. The van der Waals surface area contributed by atoms with Crippen molar-refractivity contribution in [2.75, 3.05) is 14.2 Å². The van der Waals surface area contributed by atoms with E-state index in [-0.39, 0.29) is 12.4 Å². The van der Waals surface area contributed by atoms with Gasteiger partial charge in [0.15, 0.2) is 0 Å². The fourth-order valence-electron chi connectivity index (χ4n) is 1.20. The lowest BCUT2D eigenvalue weighted by Crippen LogP contribution is -2.06. The Morgan fingerprint density at radius 3 is 2.53 bits per heavy atom. The minimum absolute atomic E-state index is 0.192. The average Bonchev–Trinajstić information content (AvgIpc) is 2.17. The summed E-state index contributed by atoms with van der Waals surface area (Å²) >= 11 is 6.71. The zero-order valence-corrected chi connectivity index (χ0v) is 11.5. The van der Waals surface area contributed by atoms with E-state index < -0.39 is 0 Å². The highest BCUT2D eigenvalue weighted by atomic mass is 79.9. The Hall–Kier alpha value is -0.550. The molecule has 15 heavy (non-hydrogen) atoms. The van der Waals surface area contributed by atoms with Crippen LogP contribution < -0.4 is 4.74 Å². The summed E-state index contributed by atoms with van der Waals surface area (Å²) in [5.74, 6) is 0.363. The van der Waals surface area contributed by atoms with Crippen LogP contribution in [0.2, 0.25) is 0 Å². The van der Waals surface area contributed by atoms with Gasteiger partial charge in [-0.15, -0.1) is 0 Å². The Morgan fingerprint density at radius 1 is 1.33 bits per heavy atom. The fourth-order valence-corrected chi connectivity index (χ4v) is 2.68. The second-order valence-corrected chi connectivity index (χ2v) is 4.60. The lowest BCUT2D eigenvalue weighted by Gasteiger charge is -2.10. The summed E-state index contributed by atoms with van der Waals surface area (Å²) in [5.41, 5.74) is 0.783. The van der Waals surface area contributed by atoms with E-state index in [1.54, 1.807) is 7.11 Å². The van der Waals surface area contributed by atoms with Crippen molar-refractivity contribution in [1.82, 2.24) is 0 Å². The molecule has 0 radical (unpaired) electrons. The second-order valence-electron chi connectivity index (χ2n) is 2.83. The lowest BCUT2D eigenvalue weighted by atomic mass is 10.1. The van der Waals surface area contributed by atoms with E-state index in [9.17, 15) is 4.79 Å². The number of hydrogen-bond acceptors (Lipinski definition) is 3. The van der Waals surface area contributed by atoms with Gasteiger partial charge in [-0.05, 0) is 28.1 Å². The van der Waals surface area contributed by atoms with Gasteiger partial charge in [-0.2, -0.15) is 0 Å². The van der Waals surface area contributed by atoms with Gasteiger partial charge < -0.3 is 9.47 Å². The van der Waals surface area contributed by atoms with Crippen molar-refractivity contribution in [1.29, 1.82) is 0 Å². The van der Waals surface area contributed by atoms with E-state index in [2.05, 4.69) is 36.6 Å². The van der Waals surface area contributed by atoms with Crippen LogP contribution in [0.1, 0.15) is 5.56 Å². The van der Waals surface area contributed by atoms with Crippen LogP contribution in [-0.4, -0.2) is 20.2 Å². The number of methoxy groups -OCH3 is 2. The predicted molar refractivity (Wildman–Crippen MR) is 64.1 cm³/mol. The Balaban J connectivity index is 3.09. The molecule has 0 saturated carbocycles. The van der Waals surface area contributed by atoms with Crippen LogP contribution in [-0.2, 0) is 16.0 Å². The van der Waals surface area contributed by atoms with E-state index in [0.29, 0.717) is 5.75 Å². The maximum Gasteiger partial charge on any atom is 0.310 e. The van der Waals surface area contributed by atoms with Crippen LogP contribution in [0.25, 0.3) is 0 Å². The highest BCUT2D eigenvalue weighted by molar-refractivity contribution is 9.11. The molecule has 0 aliphatic carbocycles. The molecule has 0 aliphatic rings. The van der Waals surface area contributed by atoms with Crippen LogP contribution in [0.15, 0.2) is 21.1 Å². The third-order valence-corrected chi connectivity index (χ3v) is 2.90. The highest BCUT2D eigenvalue weighted by Crippen LogP contribution is 2.32. The SMILES string of the molecule is COC(=O)Cc1cc(Br)cc(Br)c1OC. The van der Waals surface area contributed by atoms with Crippen LogP contribution in [0.5, 0.6) is 5.75 Å². The molecule has 0 aromatic heterocycles. The summed E-state index contributed by atoms with van der Waals surface area (Å²) in [7, 11) is 2.93. The Bertz CT molecular complexity index is 377. The smallest absolute Gasteiger partial charge is 0.310 e. The van der Waals surface area contributed by atoms with E-state index in [4.69, 9.17) is 4.74 Å². The van der Waals surface area contributed by atoms with Gasteiger partial charge in [0.1, 0.15) is 5.75 Å². The van der Waals surface area contributed by atoms with Crippen LogP contribution in [0.4, 0.5) is 0 Å². The fraction of sp³-hybridized carbons (Fsp3) is 0.300. The van der Waals surface area contributed by atoms with E-state index in [0.717, 1.165) is 14.5 Å². The van der Waals surface area contributed by atoms with Crippen molar-refractivity contribution in [2.45, 2.75) is 6.42 Å². The highest BCUT2D eigenvalue weighted by Gasteiger charge is 2.12. The van der Waals surface area contributed by atoms with Crippen molar-refractivity contribution >= 4 is 37.8 Å². The molecule has 82 valence electrons. The standard InChI is InChI=1S/C10H10Br2O3/c1-14-9(13)4-6-3-7(11)5-8(12)10(6)15-2/h3,5H,4H2,1-2H3. The molecular formula is C10H10Br2O3. The van der Waals surface area contributed by atoms with Gasteiger partial charge in [0.05, 0.1) is 25.1 Å². The first-order valence-corrected chi connectivity index (χ1v) is 5.75. The molecule has 3 nitrogen and oxygen atoms in total. The first-order valence-electron chi connectivity index (χ1n) is 4.17. The van der Waals surface area contributed by atoms with Gasteiger partial charge in [-0.25, -0.2) is 0 Å². The first-order chi connectivity index (χ1) is 7.08. The molecule has 0 bridgehead atoms. The number of esters is 1. The zero-order valence-electron chi connectivity index (χ0n) is 8.34. The average molecular weight is 338 g/mol. The Kier molecular flexibility index (Phi) is 4.60. The minimum Gasteiger partial charge on any atom is -0.495 e. The molecule has 0 aliphatic heterocycles. The molecule has 0 atom stereocenters. The number of halogens is 2. The van der Waals surface area contributed by atoms with Gasteiger partial charge in [0.25, 0.3) is 0 Å². The van der Waals surface area contributed by atoms with Gasteiger partial charge in [0.2, 0.25) is 0 Å². The molecular weight excluding hydrogens is 328 g/mol. The van der Waals surface area contributed by atoms with E-state index in [1.165, 1.54) is 7.11 Å². The summed E-state index contributed by atoms with van der Waals surface area (Å²) in [4.78, 5) is 11.2. The summed E-state index contributed by atoms with van der Waals surface area (Å²) in [6.45, 7) is 0. The molecule has 1 aromatic rings. The first kappa shape index (κ1) is 12.5. The Labute approximate surface area is 105 Å². The third-order valence-electron chi connectivity index (χ3n) is 1.85. The molecule has 0 amide bonds. The zero-order chi connectivity index (χ0) is 11.4. The normalized spacial score (nSPS) is 9.87. The maximum atomic E-state index is 11.2. The molecule has 1 rings (SSSR count). The predicted octanol–water partition coefficient (Wildman–Crippen LogP) is 2.94. The summed E-state index contributed by atoms with van der Waals surface area (Å²) < 4.78 is 11.5. The van der Waals surface area contributed by atoms with Crippen molar-refractivity contribution in [3.8, 4) is 5.75 Å². The van der Waals surface area contributed by atoms with E-state index in [1.807, 2.05) is 12.1 Å². The summed E-state index contributed by atoms with van der Waals surface area (Å²) in [6, 6.07) is 3.69. The molecule has 5 heteroatoms. The van der Waals surface area contributed by atoms with Crippen molar-refractivity contribution < 1.29 is 14.3 Å². The van der Waals surface area contributed by atoms with E-state index >= 15 is 0 Å². The minimum atomic E-state index is -0.293.